The minimum Gasteiger partial charge on any atom is -0.497 e. The molecule has 1 heterocycles. The smallest absolute Gasteiger partial charge is 0.325 e. The first kappa shape index (κ1) is 20.3. The van der Waals surface area contributed by atoms with Crippen LogP contribution in [0.5, 0.6) is 11.5 Å². The SMILES string of the molecule is COC(=O)[C@@]1(C(=O)OC(C)(C)C)[C@@H]2[C@H]1c1ccc(OC)cc1O[C@H]2c1ccccc1. The summed E-state index contributed by atoms with van der Waals surface area (Å²) >= 11 is 0. The van der Waals surface area contributed by atoms with Crippen molar-refractivity contribution in [3.8, 4) is 11.5 Å². The summed E-state index contributed by atoms with van der Waals surface area (Å²) in [5.74, 6) is -0.771. The average molecular weight is 410 g/mol. The van der Waals surface area contributed by atoms with E-state index in [-0.39, 0.29) is 0 Å². The molecule has 0 unspecified atom stereocenters. The van der Waals surface area contributed by atoms with Gasteiger partial charge in [0, 0.05) is 17.9 Å². The van der Waals surface area contributed by atoms with Crippen molar-refractivity contribution in [2.24, 2.45) is 11.3 Å². The van der Waals surface area contributed by atoms with E-state index < -0.39 is 40.9 Å². The van der Waals surface area contributed by atoms with Gasteiger partial charge in [0.1, 0.15) is 23.2 Å². The highest BCUT2D eigenvalue weighted by atomic mass is 16.6. The Hall–Kier alpha value is -3.02. The van der Waals surface area contributed by atoms with Crippen LogP contribution in [-0.2, 0) is 19.1 Å². The number of carbonyl (C=O) groups excluding carboxylic acids is 2. The first-order chi connectivity index (χ1) is 14.2. The van der Waals surface area contributed by atoms with Crippen LogP contribution in [0, 0.1) is 11.3 Å². The van der Waals surface area contributed by atoms with E-state index in [0.717, 1.165) is 11.1 Å². The fourth-order valence-corrected chi connectivity index (χ4v) is 4.54. The standard InChI is InChI=1S/C24H26O6/c1-23(2,3)30-22(26)24(21(25)28-5)18-16-12-11-15(27-4)13-17(16)29-20(19(18)24)14-9-7-6-8-10-14/h6-13,18-20H,1-5H3/t18-,19-,20+,24+/m1/s1. The molecule has 0 aromatic heterocycles. The van der Waals surface area contributed by atoms with Gasteiger partial charge in [-0.05, 0) is 38.0 Å². The van der Waals surface area contributed by atoms with Gasteiger partial charge < -0.3 is 18.9 Å². The number of ether oxygens (including phenoxy) is 4. The number of carbonyl (C=O) groups is 2. The van der Waals surface area contributed by atoms with E-state index in [1.165, 1.54) is 7.11 Å². The van der Waals surface area contributed by atoms with E-state index in [0.29, 0.717) is 11.5 Å². The molecule has 0 radical (unpaired) electrons. The molecule has 6 nitrogen and oxygen atoms in total. The van der Waals surface area contributed by atoms with Gasteiger partial charge in [0.2, 0.25) is 0 Å². The molecule has 4 rings (SSSR count). The molecule has 1 fully saturated rings. The Balaban J connectivity index is 1.87. The summed E-state index contributed by atoms with van der Waals surface area (Å²) in [5, 5.41) is 0. The van der Waals surface area contributed by atoms with Gasteiger partial charge in [-0.3, -0.25) is 9.59 Å². The van der Waals surface area contributed by atoms with Crippen LogP contribution in [0.2, 0.25) is 0 Å². The highest BCUT2D eigenvalue weighted by Crippen LogP contribution is 2.74. The number of esters is 2. The molecule has 2 aromatic rings. The maximum absolute atomic E-state index is 13.4. The summed E-state index contributed by atoms with van der Waals surface area (Å²) < 4.78 is 22.5. The van der Waals surface area contributed by atoms with E-state index >= 15 is 0 Å². The Morgan fingerprint density at radius 3 is 2.30 bits per heavy atom. The Bertz CT molecular complexity index is 977. The van der Waals surface area contributed by atoms with Gasteiger partial charge in [0.15, 0.2) is 5.41 Å². The molecule has 2 aliphatic rings. The van der Waals surface area contributed by atoms with Gasteiger partial charge in [-0.1, -0.05) is 36.4 Å². The molecule has 2 aromatic carbocycles. The summed E-state index contributed by atoms with van der Waals surface area (Å²) in [4.78, 5) is 26.5. The van der Waals surface area contributed by atoms with Crippen molar-refractivity contribution in [1.82, 2.24) is 0 Å². The largest absolute Gasteiger partial charge is 0.497 e. The summed E-state index contributed by atoms with van der Waals surface area (Å²) in [6.07, 6.45) is -0.498. The topological polar surface area (TPSA) is 71.1 Å². The zero-order valence-electron chi connectivity index (χ0n) is 17.8. The van der Waals surface area contributed by atoms with E-state index in [4.69, 9.17) is 18.9 Å². The molecule has 1 aliphatic heterocycles. The Labute approximate surface area is 176 Å². The molecular formula is C24H26O6. The zero-order chi connectivity index (χ0) is 21.7. The summed E-state index contributed by atoms with van der Waals surface area (Å²) in [5.41, 5.74) is -0.530. The predicted molar refractivity (Wildman–Crippen MR) is 109 cm³/mol. The molecule has 158 valence electrons. The van der Waals surface area contributed by atoms with Crippen LogP contribution in [0.15, 0.2) is 48.5 Å². The zero-order valence-corrected chi connectivity index (χ0v) is 17.8. The van der Waals surface area contributed by atoms with E-state index in [1.807, 2.05) is 36.4 Å². The minimum absolute atomic E-state index is 0.403. The van der Waals surface area contributed by atoms with Crippen molar-refractivity contribution in [2.75, 3.05) is 14.2 Å². The second kappa shape index (κ2) is 7.04. The lowest BCUT2D eigenvalue weighted by molar-refractivity contribution is -0.172. The fraction of sp³-hybridized carbons (Fsp3) is 0.417. The van der Waals surface area contributed by atoms with Crippen molar-refractivity contribution < 1.29 is 28.5 Å². The second-order valence-corrected chi connectivity index (χ2v) is 8.72. The van der Waals surface area contributed by atoms with Crippen LogP contribution in [0.4, 0.5) is 0 Å². The van der Waals surface area contributed by atoms with Crippen LogP contribution in [-0.4, -0.2) is 31.8 Å². The summed E-state index contributed by atoms with van der Waals surface area (Å²) in [7, 11) is 2.88. The Morgan fingerprint density at radius 2 is 1.70 bits per heavy atom. The molecule has 4 atom stereocenters. The lowest BCUT2D eigenvalue weighted by Gasteiger charge is -2.26. The monoisotopic (exact) mass is 410 g/mol. The van der Waals surface area contributed by atoms with Gasteiger partial charge in [0.25, 0.3) is 0 Å². The second-order valence-electron chi connectivity index (χ2n) is 8.72. The van der Waals surface area contributed by atoms with E-state index in [9.17, 15) is 9.59 Å². The molecule has 0 amide bonds. The van der Waals surface area contributed by atoms with Crippen molar-refractivity contribution >= 4 is 11.9 Å². The molecule has 1 saturated carbocycles. The first-order valence-corrected chi connectivity index (χ1v) is 9.95. The van der Waals surface area contributed by atoms with Crippen LogP contribution in [0.1, 0.15) is 43.9 Å². The third-order valence-corrected chi connectivity index (χ3v) is 5.79. The molecule has 0 saturated heterocycles. The van der Waals surface area contributed by atoms with E-state index in [2.05, 4.69) is 0 Å². The number of methoxy groups -OCH3 is 2. The Kier molecular flexibility index (Phi) is 4.76. The number of rotatable bonds is 4. The number of hydrogen-bond acceptors (Lipinski definition) is 6. The Morgan fingerprint density at radius 1 is 1.00 bits per heavy atom. The van der Waals surface area contributed by atoms with Crippen LogP contribution in [0.3, 0.4) is 0 Å². The molecule has 30 heavy (non-hydrogen) atoms. The molecule has 0 spiro atoms. The first-order valence-electron chi connectivity index (χ1n) is 9.95. The maximum atomic E-state index is 13.4. The van der Waals surface area contributed by atoms with Gasteiger partial charge in [-0.15, -0.1) is 0 Å². The molecule has 0 N–H and O–H groups in total. The van der Waals surface area contributed by atoms with Crippen molar-refractivity contribution in [1.29, 1.82) is 0 Å². The maximum Gasteiger partial charge on any atom is 0.325 e. The third-order valence-electron chi connectivity index (χ3n) is 5.79. The average Bonchev–Trinajstić information content (AvgIpc) is 3.43. The van der Waals surface area contributed by atoms with Gasteiger partial charge in [0.05, 0.1) is 14.2 Å². The van der Waals surface area contributed by atoms with Crippen molar-refractivity contribution in [2.45, 2.75) is 38.4 Å². The minimum atomic E-state index is -1.46. The lowest BCUT2D eigenvalue weighted by Crippen LogP contribution is -2.37. The number of fused-ring (bicyclic) bond motifs is 3. The van der Waals surface area contributed by atoms with E-state index in [1.54, 1.807) is 40.0 Å². The predicted octanol–water partition coefficient (Wildman–Crippen LogP) is 4.04. The summed E-state index contributed by atoms with van der Waals surface area (Å²) in [6, 6.07) is 15.0. The normalized spacial score (nSPS) is 26.5. The number of hydrogen-bond donors (Lipinski definition) is 0. The summed E-state index contributed by atoms with van der Waals surface area (Å²) in [6.45, 7) is 5.35. The molecule has 0 bridgehead atoms. The van der Waals surface area contributed by atoms with Crippen LogP contribution in [0.25, 0.3) is 0 Å². The highest BCUT2D eigenvalue weighted by Gasteiger charge is 2.81. The van der Waals surface area contributed by atoms with Crippen LogP contribution < -0.4 is 9.47 Å². The van der Waals surface area contributed by atoms with Gasteiger partial charge in [-0.25, -0.2) is 0 Å². The molecular weight excluding hydrogens is 384 g/mol. The number of benzene rings is 2. The van der Waals surface area contributed by atoms with Crippen LogP contribution >= 0.6 is 0 Å². The highest BCUT2D eigenvalue weighted by molar-refractivity contribution is 6.06. The van der Waals surface area contributed by atoms with Gasteiger partial charge >= 0.3 is 11.9 Å². The van der Waals surface area contributed by atoms with Crippen molar-refractivity contribution in [3.05, 3.63) is 59.7 Å². The third kappa shape index (κ3) is 3.02. The van der Waals surface area contributed by atoms with Crippen molar-refractivity contribution in [3.63, 3.8) is 0 Å². The fourth-order valence-electron chi connectivity index (χ4n) is 4.54. The quantitative estimate of drug-likeness (QED) is 0.560. The lowest BCUT2D eigenvalue weighted by atomic mass is 9.96. The molecule has 1 aliphatic carbocycles. The molecule has 6 heteroatoms. The van der Waals surface area contributed by atoms with Gasteiger partial charge in [-0.2, -0.15) is 0 Å².